The third-order valence-electron chi connectivity index (χ3n) is 4.25. The van der Waals surface area contributed by atoms with Crippen molar-refractivity contribution in [2.24, 2.45) is 0 Å². The fourth-order valence-corrected chi connectivity index (χ4v) is 3.20. The molecule has 0 fully saturated rings. The average Bonchev–Trinajstić information content (AvgIpc) is 3.16. The number of hydrogen-bond donors (Lipinski definition) is 1. The molecule has 128 valence electrons. The number of nitrogens with one attached hydrogen (secondary N) is 1. The highest BCUT2D eigenvalue weighted by Gasteiger charge is 2.13. The summed E-state index contributed by atoms with van der Waals surface area (Å²) in [4.78, 5) is 17.0. The van der Waals surface area contributed by atoms with Crippen LogP contribution in [0.2, 0.25) is 0 Å². The van der Waals surface area contributed by atoms with Gasteiger partial charge in [-0.3, -0.25) is 4.79 Å². The minimum Gasteiger partial charge on any atom is -0.350 e. The van der Waals surface area contributed by atoms with Crippen molar-refractivity contribution in [3.05, 3.63) is 65.2 Å². The Labute approximate surface area is 152 Å². The van der Waals surface area contributed by atoms with E-state index >= 15 is 0 Å². The Kier molecular flexibility index (Phi) is 5.29. The first-order chi connectivity index (χ1) is 12.1. The lowest BCUT2D eigenvalue weighted by Gasteiger charge is -2.13. The molecule has 0 aliphatic heterocycles. The van der Waals surface area contributed by atoms with Crippen LogP contribution in [-0.4, -0.2) is 16.9 Å². The zero-order valence-corrected chi connectivity index (χ0v) is 15.6. The van der Waals surface area contributed by atoms with Gasteiger partial charge in [0.15, 0.2) is 0 Å². The van der Waals surface area contributed by atoms with Crippen molar-refractivity contribution in [1.82, 2.24) is 10.3 Å². The van der Waals surface area contributed by atoms with Crippen LogP contribution in [-0.2, 0) is 0 Å². The summed E-state index contributed by atoms with van der Waals surface area (Å²) in [6, 6.07) is 14.5. The molecule has 1 atom stereocenters. The quantitative estimate of drug-likeness (QED) is 0.677. The van der Waals surface area contributed by atoms with Crippen molar-refractivity contribution >= 4 is 17.2 Å². The van der Waals surface area contributed by atoms with E-state index in [1.54, 1.807) is 17.5 Å². The summed E-state index contributed by atoms with van der Waals surface area (Å²) in [6.45, 7) is 6.15. The highest BCUT2D eigenvalue weighted by atomic mass is 32.1. The zero-order chi connectivity index (χ0) is 17.8. The first-order valence-electron chi connectivity index (χ1n) is 8.49. The second kappa shape index (κ2) is 7.62. The van der Waals surface area contributed by atoms with Crippen LogP contribution in [0, 0.1) is 6.92 Å². The predicted molar refractivity (Wildman–Crippen MR) is 105 cm³/mol. The number of benzene rings is 2. The third-order valence-corrected chi connectivity index (χ3v) is 5.07. The molecule has 0 aliphatic rings. The monoisotopic (exact) mass is 350 g/mol. The summed E-state index contributed by atoms with van der Waals surface area (Å²) in [7, 11) is 0. The van der Waals surface area contributed by atoms with E-state index < -0.39 is 0 Å². The number of carbonyl (C=O) groups excluding carboxylic acids is 1. The lowest BCUT2D eigenvalue weighted by atomic mass is 9.98. The first kappa shape index (κ1) is 17.4. The lowest BCUT2D eigenvalue weighted by Crippen LogP contribution is -2.31. The second-order valence-electron chi connectivity index (χ2n) is 6.29. The summed E-state index contributed by atoms with van der Waals surface area (Å²) in [5, 5.41) is 5.92. The smallest absolute Gasteiger partial charge is 0.251 e. The Bertz CT molecular complexity index is 854. The zero-order valence-electron chi connectivity index (χ0n) is 14.7. The van der Waals surface area contributed by atoms with Crippen molar-refractivity contribution in [1.29, 1.82) is 0 Å². The number of carbonyl (C=O) groups is 1. The van der Waals surface area contributed by atoms with Crippen molar-refractivity contribution < 1.29 is 4.79 Å². The maximum absolute atomic E-state index is 12.6. The van der Waals surface area contributed by atoms with Crippen LogP contribution in [0.4, 0.5) is 0 Å². The Morgan fingerprint density at radius 1 is 1.12 bits per heavy atom. The van der Waals surface area contributed by atoms with Crippen LogP contribution < -0.4 is 5.32 Å². The van der Waals surface area contributed by atoms with Gasteiger partial charge in [-0.1, -0.05) is 36.8 Å². The van der Waals surface area contributed by atoms with Gasteiger partial charge in [0.25, 0.3) is 5.91 Å². The van der Waals surface area contributed by atoms with Crippen LogP contribution in [0.1, 0.15) is 36.2 Å². The molecule has 3 aromatic rings. The van der Waals surface area contributed by atoms with E-state index in [4.69, 9.17) is 0 Å². The summed E-state index contributed by atoms with van der Waals surface area (Å²) in [6.07, 6.45) is 2.69. The Morgan fingerprint density at radius 3 is 2.48 bits per heavy atom. The average molecular weight is 350 g/mol. The van der Waals surface area contributed by atoms with Gasteiger partial charge in [0.2, 0.25) is 0 Å². The van der Waals surface area contributed by atoms with E-state index in [2.05, 4.69) is 54.5 Å². The Hall–Kier alpha value is -2.46. The van der Waals surface area contributed by atoms with E-state index in [0.29, 0.717) is 5.56 Å². The molecule has 0 radical (unpaired) electrons. The van der Waals surface area contributed by atoms with Crippen LogP contribution in [0.3, 0.4) is 0 Å². The van der Waals surface area contributed by atoms with Crippen LogP contribution in [0.25, 0.3) is 21.7 Å². The van der Waals surface area contributed by atoms with Crippen molar-refractivity contribution in [3.8, 4) is 21.7 Å². The SMILES string of the molecule is CCC(C)NC(=O)c1cc(-c2ccc(C)cc2)cc(-c2nccs2)c1. The number of thiazole rings is 1. The summed E-state index contributed by atoms with van der Waals surface area (Å²) < 4.78 is 0. The van der Waals surface area contributed by atoms with Gasteiger partial charge in [-0.25, -0.2) is 4.98 Å². The molecule has 0 bridgehead atoms. The molecule has 4 heteroatoms. The standard InChI is InChI=1S/C21H22N2OS/c1-4-15(3)23-20(24)18-11-17(16-7-5-14(2)6-8-16)12-19(13-18)21-22-9-10-25-21/h5-13,15H,4H2,1-3H3,(H,23,24). The van der Waals surface area contributed by atoms with E-state index in [9.17, 15) is 4.79 Å². The van der Waals surface area contributed by atoms with E-state index in [1.807, 2.05) is 24.4 Å². The largest absolute Gasteiger partial charge is 0.350 e. The highest BCUT2D eigenvalue weighted by Crippen LogP contribution is 2.29. The van der Waals surface area contributed by atoms with Gasteiger partial charge in [0.05, 0.1) is 0 Å². The number of amides is 1. The summed E-state index contributed by atoms with van der Waals surface area (Å²) in [5.74, 6) is -0.0406. The summed E-state index contributed by atoms with van der Waals surface area (Å²) >= 11 is 1.58. The van der Waals surface area contributed by atoms with Crippen LogP contribution >= 0.6 is 11.3 Å². The summed E-state index contributed by atoms with van der Waals surface area (Å²) in [5.41, 5.74) is 4.99. The molecule has 1 heterocycles. The van der Waals surface area contributed by atoms with Crippen LogP contribution in [0.15, 0.2) is 54.0 Å². The molecule has 1 N–H and O–H groups in total. The van der Waals surface area contributed by atoms with Crippen LogP contribution in [0.5, 0.6) is 0 Å². The third kappa shape index (κ3) is 4.15. The molecule has 1 aromatic heterocycles. The highest BCUT2D eigenvalue weighted by molar-refractivity contribution is 7.13. The molecule has 0 aliphatic carbocycles. The molecule has 2 aromatic carbocycles. The number of aryl methyl sites for hydroxylation is 1. The number of hydrogen-bond acceptors (Lipinski definition) is 3. The van der Waals surface area contributed by atoms with Crippen molar-refractivity contribution in [2.45, 2.75) is 33.2 Å². The van der Waals surface area contributed by atoms with Gasteiger partial charge in [-0.05, 0) is 49.6 Å². The number of rotatable bonds is 5. The normalized spacial score (nSPS) is 12.0. The van der Waals surface area contributed by atoms with Gasteiger partial charge < -0.3 is 5.32 Å². The van der Waals surface area contributed by atoms with Crippen molar-refractivity contribution in [3.63, 3.8) is 0 Å². The topological polar surface area (TPSA) is 42.0 Å². The van der Waals surface area contributed by atoms with E-state index in [0.717, 1.165) is 28.1 Å². The molecule has 0 saturated heterocycles. The maximum atomic E-state index is 12.6. The molecule has 1 amide bonds. The molecule has 1 unspecified atom stereocenters. The molecular formula is C21H22N2OS. The van der Waals surface area contributed by atoms with Gasteiger partial charge in [-0.2, -0.15) is 0 Å². The van der Waals surface area contributed by atoms with Gasteiger partial charge in [-0.15, -0.1) is 11.3 Å². The van der Waals surface area contributed by atoms with Gasteiger partial charge in [0, 0.05) is 28.7 Å². The second-order valence-corrected chi connectivity index (χ2v) is 7.18. The molecule has 0 saturated carbocycles. The number of aromatic nitrogens is 1. The van der Waals surface area contributed by atoms with Crippen molar-refractivity contribution in [2.75, 3.05) is 0 Å². The Morgan fingerprint density at radius 2 is 1.84 bits per heavy atom. The minimum atomic E-state index is -0.0406. The molecule has 3 rings (SSSR count). The first-order valence-corrected chi connectivity index (χ1v) is 9.37. The molecule has 0 spiro atoms. The maximum Gasteiger partial charge on any atom is 0.251 e. The van der Waals surface area contributed by atoms with E-state index in [-0.39, 0.29) is 11.9 Å². The Balaban J connectivity index is 2.05. The molecule has 25 heavy (non-hydrogen) atoms. The fraction of sp³-hybridized carbons (Fsp3) is 0.238. The molecular weight excluding hydrogens is 328 g/mol. The van der Waals surface area contributed by atoms with E-state index in [1.165, 1.54) is 5.56 Å². The number of nitrogens with zero attached hydrogens (tertiary/aromatic N) is 1. The fourth-order valence-electron chi connectivity index (χ4n) is 2.57. The lowest BCUT2D eigenvalue weighted by molar-refractivity contribution is 0.0939. The molecule has 3 nitrogen and oxygen atoms in total. The minimum absolute atomic E-state index is 0.0406. The van der Waals surface area contributed by atoms with Gasteiger partial charge in [0.1, 0.15) is 5.01 Å². The van der Waals surface area contributed by atoms with Gasteiger partial charge >= 0.3 is 0 Å². The predicted octanol–water partition coefficient (Wildman–Crippen LogP) is 5.31.